The second-order valence-electron chi connectivity index (χ2n) is 4.12. The molecule has 92 valence electrons. The van der Waals surface area contributed by atoms with Crippen molar-refractivity contribution in [1.82, 2.24) is 15.1 Å². The zero-order valence-corrected chi connectivity index (χ0v) is 12.3. The largest absolute Gasteiger partial charge is 0.317 e. The summed E-state index contributed by atoms with van der Waals surface area (Å²) in [6, 6.07) is 0.604. The third kappa shape index (κ3) is 3.08. The molecular formula is C12H22BrN3. The Labute approximate surface area is 107 Å². The van der Waals surface area contributed by atoms with Crippen molar-refractivity contribution in [2.24, 2.45) is 7.05 Å². The van der Waals surface area contributed by atoms with Crippen LogP contribution in [0.3, 0.4) is 0 Å². The molecule has 0 aliphatic rings. The van der Waals surface area contributed by atoms with Crippen LogP contribution in [0.4, 0.5) is 0 Å². The summed E-state index contributed by atoms with van der Waals surface area (Å²) in [6.45, 7) is 4.36. The minimum absolute atomic E-state index is 0.604. The van der Waals surface area contributed by atoms with E-state index >= 15 is 0 Å². The molecule has 0 spiro atoms. The molecule has 4 heteroatoms. The Morgan fingerprint density at radius 3 is 2.56 bits per heavy atom. The summed E-state index contributed by atoms with van der Waals surface area (Å²) in [4.78, 5) is 0. The highest BCUT2D eigenvalue weighted by Crippen LogP contribution is 2.23. The first kappa shape index (κ1) is 13.7. The maximum absolute atomic E-state index is 4.51. The first-order valence-electron chi connectivity index (χ1n) is 6.01. The monoisotopic (exact) mass is 287 g/mol. The average molecular weight is 288 g/mol. The fourth-order valence-electron chi connectivity index (χ4n) is 1.95. The molecule has 1 unspecified atom stereocenters. The van der Waals surface area contributed by atoms with E-state index in [-0.39, 0.29) is 0 Å². The molecule has 3 nitrogen and oxygen atoms in total. The SMILES string of the molecule is CCc1nn(C)c(CCC(CC)NC)c1Br. The molecule has 0 saturated heterocycles. The zero-order chi connectivity index (χ0) is 12.1. The molecular weight excluding hydrogens is 266 g/mol. The van der Waals surface area contributed by atoms with E-state index in [1.165, 1.54) is 16.6 Å². The number of aryl methyl sites for hydroxylation is 2. The number of aromatic nitrogens is 2. The quantitative estimate of drug-likeness (QED) is 0.872. The number of hydrogen-bond donors (Lipinski definition) is 1. The number of nitrogens with one attached hydrogen (secondary N) is 1. The van der Waals surface area contributed by atoms with Crippen LogP contribution in [0.15, 0.2) is 4.47 Å². The minimum atomic E-state index is 0.604. The van der Waals surface area contributed by atoms with Crippen LogP contribution in [0, 0.1) is 0 Å². The summed E-state index contributed by atoms with van der Waals surface area (Å²) >= 11 is 3.65. The zero-order valence-electron chi connectivity index (χ0n) is 10.7. The van der Waals surface area contributed by atoms with Crippen LogP contribution in [0.5, 0.6) is 0 Å². The highest BCUT2D eigenvalue weighted by atomic mass is 79.9. The molecule has 1 aromatic heterocycles. The third-order valence-corrected chi connectivity index (χ3v) is 4.05. The van der Waals surface area contributed by atoms with Crippen molar-refractivity contribution in [2.75, 3.05) is 7.05 Å². The topological polar surface area (TPSA) is 29.9 Å². The highest BCUT2D eigenvalue weighted by Gasteiger charge is 2.13. The van der Waals surface area contributed by atoms with Gasteiger partial charge in [0.1, 0.15) is 0 Å². The van der Waals surface area contributed by atoms with Crippen molar-refractivity contribution in [3.8, 4) is 0 Å². The van der Waals surface area contributed by atoms with Crippen molar-refractivity contribution in [1.29, 1.82) is 0 Å². The van der Waals surface area contributed by atoms with Crippen molar-refractivity contribution in [3.05, 3.63) is 15.9 Å². The van der Waals surface area contributed by atoms with E-state index in [0.717, 1.165) is 25.0 Å². The molecule has 0 aliphatic carbocycles. The molecule has 1 heterocycles. The number of nitrogens with zero attached hydrogens (tertiary/aromatic N) is 2. The molecule has 0 fully saturated rings. The molecule has 1 rings (SSSR count). The molecule has 0 radical (unpaired) electrons. The molecule has 0 bridgehead atoms. The number of rotatable bonds is 6. The van der Waals surface area contributed by atoms with Gasteiger partial charge in [-0.25, -0.2) is 0 Å². The van der Waals surface area contributed by atoms with E-state index in [9.17, 15) is 0 Å². The smallest absolute Gasteiger partial charge is 0.0766 e. The minimum Gasteiger partial charge on any atom is -0.317 e. The van der Waals surface area contributed by atoms with Crippen LogP contribution in [0.2, 0.25) is 0 Å². The van der Waals surface area contributed by atoms with Gasteiger partial charge >= 0.3 is 0 Å². The summed E-state index contributed by atoms with van der Waals surface area (Å²) in [6.07, 6.45) is 4.39. The maximum atomic E-state index is 4.51. The fraction of sp³-hybridized carbons (Fsp3) is 0.750. The first-order valence-corrected chi connectivity index (χ1v) is 6.80. The van der Waals surface area contributed by atoms with E-state index < -0.39 is 0 Å². The number of halogens is 1. The van der Waals surface area contributed by atoms with E-state index in [0.29, 0.717) is 6.04 Å². The number of hydrogen-bond acceptors (Lipinski definition) is 2. The van der Waals surface area contributed by atoms with Gasteiger partial charge in [-0.3, -0.25) is 4.68 Å². The van der Waals surface area contributed by atoms with Crippen LogP contribution < -0.4 is 5.32 Å². The Morgan fingerprint density at radius 2 is 2.12 bits per heavy atom. The van der Waals surface area contributed by atoms with Gasteiger partial charge in [0.25, 0.3) is 0 Å². The van der Waals surface area contributed by atoms with Gasteiger partial charge in [-0.1, -0.05) is 13.8 Å². The maximum Gasteiger partial charge on any atom is 0.0766 e. The van der Waals surface area contributed by atoms with Crippen LogP contribution >= 0.6 is 15.9 Å². The molecule has 1 atom stereocenters. The predicted molar refractivity (Wildman–Crippen MR) is 71.7 cm³/mol. The molecule has 1 N–H and O–H groups in total. The fourth-order valence-corrected chi connectivity index (χ4v) is 2.77. The van der Waals surface area contributed by atoms with E-state index in [2.05, 4.69) is 40.2 Å². The second-order valence-corrected chi connectivity index (χ2v) is 4.91. The van der Waals surface area contributed by atoms with Crippen LogP contribution in [0.1, 0.15) is 38.1 Å². The first-order chi connectivity index (χ1) is 7.63. The van der Waals surface area contributed by atoms with Gasteiger partial charge < -0.3 is 5.32 Å². The molecule has 0 amide bonds. The van der Waals surface area contributed by atoms with Crippen molar-refractivity contribution in [3.63, 3.8) is 0 Å². The Bertz CT molecular complexity index is 329. The molecule has 0 aromatic carbocycles. The second kappa shape index (κ2) is 6.40. The van der Waals surface area contributed by atoms with Gasteiger partial charge in [0.05, 0.1) is 15.9 Å². The summed E-state index contributed by atoms with van der Waals surface area (Å²) in [5.41, 5.74) is 2.47. The predicted octanol–water partition coefficient (Wildman–Crippen LogP) is 2.68. The van der Waals surface area contributed by atoms with Crippen molar-refractivity contribution >= 4 is 15.9 Å². The Balaban J connectivity index is 2.69. The summed E-state index contributed by atoms with van der Waals surface area (Å²) in [7, 11) is 4.06. The van der Waals surface area contributed by atoms with Crippen molar-refractivity contribution < 1.29 is 0 Å². The standard InChI is InChI=1S/C12H22BrN3/c1-5-9(14-3)7-8-11-12(13)10(6-2)15-16(11)4/h9,14H,5-8H2,1-4H3. The Morgan fingerprint density at radius 1 is 1.44 bits per heavy atom. The molecule has 0 aliphatic heterocycles. The molecule has 16 heavy (non-hydrogen) atoms. The Hall–Kier alpha value is -0.350. The van der Waals surface area contributed by atoms with E-state index in [1.807, 2.05) is 18.8 Å². The van der Waals surface area contributed by atoms with E-state index in [4.69, 9.17) is 0 Å². The van der Waals surface area contributed by atoms with Crippen molar-refractivity contribution in [2.45, 2.75) is 45.6 Å². The van der Waals surface area contributed by atoms with Crippen LogP contribution in [-0.4, -0.2) is 22.9 Å². The summed E-state index contributed by atoms with van der Waals surface area (Å²) in [5, 5.41) is 7.84. The van der Waals surface area contributed by atoms with Gasteiger partial charge in [0, 0.05) is 13.1 Å². The van der Waals surface area contributed by atoms with Gasteiger partial charge in [-0.15, -0.1) is 0 Å². The van der Waals surface area contributed by atoms with Gasteiger partial charge in [-0.05, 0) is 48.7 Å². The van der Waals surface area contributed by atoms with Crippen LogP contribution in [-0.2, 0) is 19.9 Å². The lowest BCUT2D eigenvalue weighted by Crippen LogP contribution is -2.25. The normalized spacial score (nSPS) is 13.1. The van der Waals surface area contributed by atoms with Gasteiger partial charge in [0.2, 0.25) is 0 Å². The highest BCUT2D eigenvalue weighted by molar-refractivity contribution is 9.10. The lowest BCUT2D eigenvalue weighted by atomic mass is 10.1. The van der Waals surface area contributed by atoms with Gasteiger partial charge in [0.15, 0.2) is 0 Å². The van der Waals surface area contributed by atoms with E-state index in [1.54, 1.807) is 0 Å². The lowest BCUT2D eigenvalue weighted by molar-refractivity contribution is 0.499. The molecule has 1 aromatic rings. The van der Waals surface area contributed by atoms with Gasteiger partial charge in [-0.2, -0.15) is 5.10 Å². The summed E-state index contributed by atoms with van der Waals surface area (Å²) < 4.78 is 3.20. The lowest BCUT2D eigenvalue weighted by Gasteiger charge is -2.13. The van der Waals surface area contributed by atoms with Crippen LogP contribution in [0.25, 0.3) is 0 Å². The average Bonchev–Trinajstić information content (AvgIpc) is 2.56. The summed E-state index contributed by atoms with van der Waals surface area (Å²) in [5.74, 6) is 0. The Kier molecular flexibility index (Phi) is 5.49. The molecule has 0 saturated carbocycles. The third-order valence-electron chi connectivity index (χ3n) is 3.13.